The van der Waals surface area contributed by atoms with E-state index < -0.39 is 12.1 Å². The number of ether oxygens (including phenoxy) is 2. The minimum Gasteiger partial charge on any atom is -0.474 e. The van der Waals surface area contributed by atoms with Gasteiger partial charge in [-0.3, -0.25) is 0 Å². The van der Waals surface area contributed by atoms with Gasteiger partial charge in [0.2, 0.25) is 6.10 Å². The first-order chi connectivity index (χ1) is 16.1. The number of alkyl halides is 1. The molecular weight excluding hydrogens is 475 g/mol. The minimum atomic E-state index is -0.828. The summed E-state index contributed by atoms with van der Waals surface area (Å²) in [5, 5.41) is 0.711. The van der Waals surface area contributed by atoms with Crippen LogP contribution >= 0.6 is 35.0 Å². The molecule has 0 bridgehead atoms. The number of halogens is 2. The average Bonchev–Trinajstić information content (AvgIpc) is 2.85. The molecule has 0 amide bonds. The number of hydrogen-bond acceptors (Lipinski definition) is 4. The van der Waals surface area contributed by atoms with Crippen LogP contribution in [0.2, 0.25) is 5.02 Å². The first-order valence-electron chi connectivity index (χ1n) is 11.0. The fourth-order valence-electron chi connectivity index (χ4n) is 3.36. The topological polar surface area (TPSA) is 35.5 Å². The molecule has 3 nitrogen and oxygen atoms in total. The molecule has 3 rings (SSSR count). The summed E-state index contributed by atoms with van der Waals surface area (Å²) in [4.78, 5) is 14.6. The Kier molecular flexibility index (Phi) is 10.5. The number of carbonyl (C=O) groups is 1. The number of aryl methyl sites for hydroxylation is 1. The Balaban J connectivity index is 1.62. The summed E-state index contributed by atoms with van der Waals surface area (Å²) in [5.41, 5.74) is 2.00. The van der Waals surface area contributed by atoms with Gasteiger partial charge in [-0.1, -0.05) is 60.5 Å². The fourth-order valence-corrected chi connectivity index (χ4v) is 4.49. The molecular formula is C27H28Cl2O3S. The van der Waals surface area contributed by atoms with E-state index in [1.807, 2.05) is 60.7 Å². The van der Waals surface area contributed by atoms with Gasteiger partial charge in [-0.15, -0.1) is 11.6 Å². The van der Waals surface area contributed by atoms with Crippen molar-refractivity contribution in [3.8, 4) is 5.75 Å². The maximum atomic E-state index is 12.4. The van der Waals surface area contributed by atoms with E-state index in [0.717, 1.165) is 40.5 Å². The monoisotopic (exact) mass is 502 g/mol. The zero-order chi connectivity index (χ0) is 23.5. The largest absolute Gasteiger partial charge is 0.474 e. The molecule has 0 aromatic heterocycles. The first kappa shape index (κ1) is 25.5. The Bertz CT molecular complexity index is 989. The van der Waals surface area contributed by atoms with Gasteiger partial charge in [0.1, 0.15) is 5.75 Å². The standard InChI is InChI=1S/C27H28Cl2O3S/c1-31-27(30)26(32-23-13-7-20(8-14-23)6-4-2-3-5-19-28)21-9-15-24(16-10-21)33-25-17-11-22(29)12-18-25/h7-18,26H,2-6,19H2,1H3. The third kappa shape index (κ3) is 8.29. The molecule has 0 saturated carbocycles. The maximum Gasteiger partial charge on any atom is 0.351 e. The van der Waals surface area contributed by atoms with Crippen LogP contribution in [0.5, 0.6) is 5.75 Å². The van der Waals surface area contributed by atoms with Crippen molar-refractivity contribution in [1.82, 2.24) is 0 Å². The van der Waals surface area contributed by atoms with Crippen molar-refractivity contribution in [2.75, 3.05) is 13.0 Å². The van der Waals surface area contributed by atoms with Gasteiger partial charge in [0.15, 0.2) is 0 Å². The molecule has 1 atom stereocenters. The van der Waals surface area contributed by atoms with Crippen LogP contribution in [-0.2, 0) is 16.0 Å². The molecule has 0 fully saturated rings. The maximum absolute atomic E-state index is 12.4. The molecule has 3 aromatic rings. The minimum absolute atomic E-state index is 0.434. The zero-order valence-electron chi connectivity index (χ0n) is 18.6. The van der Waals surface area contributed by atoms with E-state index >= 15 is 0 Å². The smallest absolute Gasteiger partial charge is 0.351 e. The lowest BCUT2D eigenvalue weighted by atomic mass is 10.1. The van der Waals surface area contributed by atoms with E-state index in [2.05, 4.69) is 12.1 Å². The highest BCUT2D eigenvalue weighted by atomic mass is 35.5. The third-order valence-corrected chi connectivity index (χ3v) is 6.71. The summed E-state index contributed by atoms with van der Waals surface area (Å²) in [5.74, 6) is 0.935. The fraction of sp³-hybridized carbons (Fsp3) is 0.296. The second-order valence-electron chi connectivity index (χ2n) is 7.64. The Morgan fingerprint density at radius 3 is 2.06 bits per heavy atom. The molecule has 0 spiro atoms. The predicted molar refractivity (Wildman–Crippen MR) is 137 cm³/mol. The zero-order valence-corrected chi connectivity index (χ0v) is 21.0. The number of benzene rings is 3. The summed E-state index contributed by atoms with van der Waals surface area (Å²) >= 11 is 13.3. The molecule has 0 aliphatic heterocycles. The number of esters is 1. The summed E-state index contributed by atoms with van der Waals surface area (Å²) < 4.78 is 11.0. The first-order valence-corrected chi connectivity index (χ1v) is 12.7. The van der Waals surface area contributed by atoms with Crippen molar-refractivity contribution < 1.29 is 14.3 Å². The molecule has 33 heavy (non-hydrogen) atoms. The highest BCUT2D eigenvalue weighted by Gasteiger charge is 2.23. The molecule has 6 heteroatoms. The molecule has 0 N–H and O–H groups in total. The van der Waals surface area contributed by atoms with E-state index in [4.69, 9.17) is 32.7 Å². The van der Waals surface area contributed by atoms with Gasteiger partial charge in [0, 0.05) is 26.3 Å². The molecule has 3 aromatic carbocycles. The van der Waals surface area contributed by atoms with Crippen LogP contribution < -0.4 is 4.74 Å². The van der Waals surface area contributed by atoms with E-state index in [1.54, 1.807) is 11.8 Å². The van der Waals surface area contributed by atoms with Crippen molar-refractivity contribution in [1.29, 1.82) is 0 Å². The van der Waals surface area contributed by atoms with Crippen LogP contribution in [-0.4, -0.2) is 19.0 Å². The molecule has 0 radical (unpaired) electrons. The molecule has 174 valence electrons. The van der Waals surface area contributed by atoms with Crippen molar-refractivity contribution in [2.24, 2.45) is 0 Å². The van der Waals surface area contributed by atoms with E-state index in [0.29, 0.717) is 10.8 Å². The summed E-state index contributed by atoms with van der Waals surface area (Å²) in [6.07, 6.45) is 4.76. The molecule has 0 saturated heterocycles. The van der Waals surface area contributed by atoms with Crippen LogP contribution in [0.25, 0.3) is 0 Å². The highest BCUT2D eigenvalue weighted by molar-refractivity contribution is 7.99. The third-order valence-electron chi connectivity index (χ3n) is 5.17. The molecule has 0 aliphatic rings. The van der Waals surface area contributed by atoms with Gasteiger partial charge in [0.05, 0.1) is 7.11 Å². The van der Waals surface area contributed by atoms with Gasteiger partial charge in [-0.25, -0.2) is 4.79 Å². The van der Waals surface area contributed by atoms with E-state index in [9.17, 15) is 4.79 Å². The van der Waals surface area contributed by atoms with Crippen molar-refractivity contribution in [2.45, 2.75) is 48.0 Å². The quantitative estimate of drug-likeness (QED) is 0.142. The SMILES string of the molecule is COC(=O)C(Oc1ccc(CCCCCCCl)cc1)c1ccc(Sc2ccc(Cl)cc2)cc1. The van der Waals surface area contributed by atoms with Gasteiger partial charge in [-0.2, -0.15) is 0 Å². The second kappa shape index (κ2) is 13.5. The van der Waals surface area contributed by atoms with Crippen molar-refractivity contribution in [3.05, 3.63) is 88.9 Å². The highest BCUT2D eigenvalue weighted by Crippen LogP contribution is 2.31. The lowest BCUT2D eigenvalue weighted by Crippen LogP contribution is -2.20. The average molecular weight is 503 g/mol. The van der Waals surface area contributed by atoms with E-state index in [1.165, 1.54) is 25.5 Å². The van der Waals surface area contributed by atoms with Gasteiger partial charge >= 0.3 is 5.97 Å². The van der Waals surface area contributed by atoms with Crippen molar-refractivity contribution >= 4 is 40.9 Å². The Morgan fingerprint density at radius 1 is 0.848 bits per heavy atom. The number of hydrogen-bond donors (Lipinski definition) is 0. The molecule has 0 aliphatic carbocycles. The van der Waals surface area contributed by atoms with Gasteiger partial charge in [-0.05, 0) is 73.4 Å². The lowest BCUT2D eigenvalue weighted by molar-refractivity contribution is -0.149. The summed E-state index contributed by atoms with van der Waals surface area (Å²) in [6.45, 7) is 0. The predicted octanol–water partition coefficient (Wildman–Crippen LogP) is 8.13. The summed E-state index contributed by atoms with van der Waals surface area (Å²) in [6, 6.07) is 23.4. The van der Waals surface area contributed by atoms with Crippen molar-refractivity contribution in [3.63, 3.8) is 0 Å². The van der Waals surface area contributed by atoms with Crippen LogP contribution in [0.4, 0.5) is 0 Å². The number of unbranched alkanes of at least 4 members (excludes halogenated alkanes) is 3. The summed E-state index contributed by atoms with van der Waals surface area (Å²) in [7, 11) is 1.37. The van der Waals surface area contributed by atoms with Gasteiger partial charge < -0.3 is 9.47 Å². The normalized spacial score (nSPS) is 11.7. The molecule has 1 unspecified atom stereocenters. The van der Waals surface area contributed by atoms with Crippen LogP contribution in [0, 0.1) is 0 Å². The number of methoxy groups -OCH3 is 1. The Hall–Kier alpha value is -2.14. The van der Waals surface area contributed by atoms with Gasteiger partial charge in [0.25, 0.3) is 0 Å². The van der Waals surface area contributed by atoms with Crippen LogP contribution in [0.3, 0.4) is 0 Å². The Morgan fingerprint density at radius 2 is 1.45 bits per heavy atom. The van der Waals surface area contributed by atoms with Crippen LogP contribution in [0.1, 0.15) is 42.9 Å². The number of carbonyl (C=O) groups excluding carboxylic acids is 1. The van der Waals surface area contributed by atoms with E-state index in [-0.39, 0.29) is 0 Å². The molecule has 0 heterocycles. The second-order valence-corrected chi connectivity index (χ2v) is 9.60. The van der Waals surface area contributed by atoms with Crippen LogP contribution in [0.15, 0.2) is 82.6 Å². The lowest BCUT2D eigenvalue weighted by Gasteiger charge is -2.18. The Labute approximate surface area is 210 Å². The number of rotatable bonds is 12.